The lowest BCUT2D eigenvalue weighted by molar-refractivity contribution is 0.144. The second-order valence-electron chi connectivity index (χ2n) is 2.95. The van der Waals surface area contributed by atoms with Crippen molar-refractivity contribution in [3.63, 3.8) is 0 Å². The largest absolute Gasteiger partial charge is 0.465 e. The first-order valence-corrected chi connectivity index (χ1v) is 4.83. The monoisotopic (exact) mass is 241 g/mol. The highest BCUT2D eigenvalue weighted by Crippen LogP contribution is 2.37. The van der Waals surface area contributed by atoms with E-state index in [1.165, 1.54) is 4.90 Å². The second kappa shape index (κ2) is 3.03. The van der Waals surface area contributed by atoms with Gasteiger partial charge in [-0.3, -0.25) is 4.90 Å². The molecule has 0 radical (unpaired) electrons. The molecule has 1 unspecified atom stereocenters. The van der Waals surface area contributed by atoms with Gasteiger partial charge in [-0.2, -0.15) is 0 Å². The van der Waals surface area contributed by atoms with Gasteiger partial charge in [0.25, 0.3) is 0 Å². The molecule has 3 nitrogen and oxygen atoms in total. The van der Waals surface area contributed by atoms with Gasteiger partial charge in [0.1, 0.15) is 4.95 Å². The molecule has 68 valence electrons. The summed E-state index contributed by atoms with van der Waals surface area (Å²) in [6, 6.07) is 7.73. The summed E-state index contributed by atoms with van der Waals surface area (Å²) < 4.78 is 0. The van der Waals surface area contributed by atoms with Gasteiger partial charge in [-0.25, -0.2) is 4.79 Å². The zero-order valence-corrected chi connectivity index (χ0v) is 8.36. The van der Waals surface area contributed by atoms with E-state index in [2.05, 4.69) is 15.9 Å². The molecule has 0 fully saturated rings. The maximum Gasteiger partial charge on any atom is 0.408 e. The van der Waals surface area contributed by atoms with Gasteiger partial charge in [0.05, 0.1) is 6.54 Å². The Morgan fingerprint density at radius 1 is 1.54 bits per heavy atom. The number of nitrogens with zero attached hydrogens (tertiary/aromatic N) is 1. The Bertz CT molecular complexity index is 353. The Labute approximate surface area is 84.1 Å². The molecular weight excluding hydrogens is 234 g/mol. The maximum absolute atomic E-state index is 10.8. The van der Waals surface area contributed by atoms with Crippen molar-refractivity contribution >= 4 is 22.0 Å². The number of rotatable bonds is 0. The van der Waals surface area contributed by atoms with Crippen molar-refractivity contribution in [3.05, 3.63) is 35.4 Å². The number of benzene rings is 1. The minimum absolute atomic E-state index is 0.193. The molecule has 0 aromatic heterocycles. The van der Waals surface area contributed by atoms with Crippen molar-refractivity contribution in [1.82, 2.24) is 4.90 Å². The van der Waals surface area contributed by atoms with Gasteiger partial charge >= 0.3 is 6.09 Å². The normalized spacial score (nSPS) is 20.1. The fraction of sp³-hybridized carbons (Fsp3) is 0.222. The number of hydrogen-bond donors (Lipinski definition) is 1. The molecule has 0 bridgehead atoms. The van der Waals surface area contributed by atoms with Gasteiger partial charge in [-0.05, 0) is 11.1 Å². The van der Waals surface area contributed by atoms with Gasteiger partial charge < -0.3 is 5.11 Å². The zero-order valence-electron chi connectivity index (χ0n) is 6.77. The van der Waals surface area contributed by atoms with Crippen molar-refractivity contribution < 1.29 is 9.90 Å². The highest BCUT2D eigenvalue weighted by atomic mass is 79.9. The van der Waals surface area contributed by atoms with Crippen LogP contribution in [0.5, 0.6) is 0 Å². The minimum Gasteiger partial charge on any atom is -0.465 e. The molecule has 4 heteroatoms. The average Bonchev–Trinajstić information content (AvgIpc) is 2.45. The van der Waals surface area contributed by atoms with Crippen LogP contribution in [-0.4, -0.2) is 16.1 Å². The SMILES string of the molecule is O=C(O)N1Cc2ccccc2C1Br. The second-order valence-corrected chi connectivity index (χ2v) is 3.81. The molecule has 1 aliphatic rings. The minimum atomic E-state index is -0.891. The highest BCUT2D eigenvalue weighted by molar-refractivity contribution is 9.09. The molecule has 1 heterocycles. The fourth-order valence-electron chi connectivity index (χ4n) is 1.51. The van der Waals surface area contributed by atoms with E-state index in [-0.39, 0.29) is 4.95 Å². The number of carboxylic acid groups (broad SMARTS) is 1. The third-order valence-corrected chi connectivity index (χ3v) is 3.16. The Morgan fingerprint density at radius 2 is 2.23 bits per heavy atom. The molecule has 1 aromatic carbocycles. The van der Waals surface area contributed by atoms with Crippen molar-refractivity contribution in [3.8, 4) is 0 Å². The van der Waals surface area contributed by atoms with E-state index >= 15 is 0 Å². The van der Waals surface area contributed by atoms with Crippen LogP contribution in [0, 0.1) is 0 Å². The lowest BCUT2D eigenvalue weighted by Crippen LogP contribution is -2.24. The number of halogens is 1. The molecule has 1 aliphatic heterocycles. The predicted octanol–water partition coefficient (Wildman–Crippen LogP) is 2.57. The van der Waals surface area contributed by atoms with Crippen molar-refractivity contribution in [2.45, 2.75) is 11.5 Å². The molecule has 0 aliphatic carbocycles. The molecule has 0 spiro atoms. The summed E-state index contributed by atoms with van der Waals surface area (Å²) in [6.07, 6.45) is -0.891. The highest BCUT2D eigenvalue weighted by Gasteiger charge is 2.30. The Morgan fingerprint density at radius 3 is 2.85 bits per heavy atom. The molecule has 1 N–H and O–H groups in total. The van der Waals surface area contributed by atoms with E-state index in [1.54, 1.807) is 0 Å². The van der Waals surface area contributed by atoms with Crippen LogP contribution >= 0.6 is 15.9 Å². The fourth-order valence-corrected chi connectivity index (χ4v) is 2.27. The summed E-state index contributed by atoms with van der Waals surface area (Å²) in [5, 5.41) is 8.85. The van der Waals surface area contributed by atoms with Gasteiger partial charge in [-0.15, -0.1) is 0 Å². The van der Waals surface area contributed by atoms with E-state index in [0.717, 1.165) is 11.1 Å². The van der Waals surface area contributed by atoms with E-state index in [9.17, 15) is 4.79 Å². The lowest BCUT2D eigenvalue weighted by atomic mass is 10.1. The van der Waals surface area contributed by atoms with Crippen LogP contribution in [0.25, 0.3) is 0 Å². The number of alkyl halides is 1. The van der Waals surface area contributed by atoms with Crippen molar-refractivity contribution in [1.29, 1.82) is 0 Å². The van der Waals surface area contributed by atoms with Gasteiger partial charge in [0, 0.05) is 0 Å². The van der Waals surface area contributed by atoms with Crippen LogP contribution in [0.1, 0.15) is 16.1 Å². The van der Waals surface area contributed by atoms with Crippen molar-refractivity contribution in [2.75, 3.05) is 0 Å². The number of amides is 1. The van der Waals surface area contributed by atoms with Crippen LogP contribution < -0.4 is 0 Å². The van der Waals surface area contributed by atoms with Gasteiger partial charge in [0.15, 0.2) is 0 Å². The summed E-state index contributed by atoms with van der Waals surface area (Å²) in [6.45, 7) is 0.474. The zero-order chi connectivity index (χ0) is 9.42. The van der Waals surface area contributed by atoms with Crippen LogP contribution in [0.3, 0.4) is 0 Å². The third-order valence-electron chi connectivity index (χ3n) is 2.17. The molecule has 1 aromatic rings. The first-order valence-electron chi connectivity index (χ1n) is 3.91. The molecule has 0 saturated heterocycles. The van der Waals surface area contributed by atoms with Crippen LogP contribution in [0.4, 0.5) is 4.79 Å². The number of hydrogen-bond acceptors (Lipinski definition) is 1. The number of carbonyl (C=O) groups is 1. The predicted molar refractivity (Wildman–Crippen MR) is 51.7 cm³/mol. The summed E-state index contributed by atoms with van der Waals surface area (Å²) in [5.41, 5.74) is 2.12. The molecule has 2 rings (SSSR count). The van der Waals surface area contributed by atoms with Crippen LogP contribution in [-0.2, 0) is 6.54 Å². The molecule has 1 amide bonds. The van der Waals surface area contributed by atoms with E-state index in [0.29, 0.717) is 6.54 Å². The first-order chi connectivity index (χ1) is 6.20. The Kier molecular flexibility index (Phi) is 2.00. The van der Waals surface area contributed by atoms with Crippen molar-refractivity contribution in [2.24, 2.45) is 0 Å². The summed E-state index contributed by atoms with van der Waals surface area (Å²) in [5.74, 6) is 0. The van der Waals surface area contributed by atoms with Crippen LogP contribution in [0.15, 0.2) is 24.3 Å². The topological polar surface area (TPSA) is 40.5 Å². The average molecular weight is 242 g/mol. The summed E-state index contributed by atoms with van der Waals surface area (Å²) >= 11 is 3.35. The molecule has 13 heavy (non-hydrogen) atoms. The standard InChI is InChI=1S/C9H8BrNO2/c10-8-7-4-2-1-3-6(7)5-11(8)9(12)13/h1-4,8H,5H2,(H,12,13). The van der Waals surface area contributed by atoms with Gasteiger partial charge in [-0.1, -0.05) is 40.2 Å². The molecule has 1 atom stereocenters. The summed E-state index contributed by atoms with van der Waals surface area (Å²) in [7, 11) is 0. The van der Waals surface area contributed by atoms with E-state index < -0.39 is 6.09 Å². The summed E-state index contributed by atoms with van der Waals surface area (Å²) in [4.78, 5) is 11.9. The van der Waals surface area contributed by atoms with E-state index in [1.807, 2.05) is 24.3 Å². The molecular formula is C9H8BrNO2. The first kappa shape index (κ1) is 8.56. The molecule has 0 saturated carbocycles. The lowest BCUT2D eigenvalue weighted by Gasteiger charge is -2.15. The number of fused-ring (bicyclic) bond motifs is 1. The Balaban J connectivity index is 2.38. The smallest absolute Gasteiger partial charge is 0.408 e. The third kappa shape index (κ3) is 1.31. The van der Waals surface area contributed by atoms with Gasteiger partial charge in [0.2, 0.25) is 0 Å². The van der Waals surface area contributed by atoms with Crippen LogP contribution in [0.2, 0.25) is 0 Å². The Hall–Kier alpha value is -1.03. The quantitative estimate of drug-likeness (QED) is 0.561. The maximum atomic E-state index is 10.8. The van der Waals surface area contributed by atoms with E-state index in [4.69, 9.17) is 5.11 Å².